The SMILES string of the molecule is Cc1nc(C(=O)N2CCCCC2CNC(=O)c2cccc3ccoc23)c(-c2ccc(F)cc2)s1. The Balaban J connectivity index is 1.35. The van der Waals surface area contributed by atoms with E-state index in [1.807, 2.05) is 30.0 Å². The molecule has 1 aliphatic rings. The molecule has 0 radical (unpaired) electrons. The van der Waals surface area contributed by atoms with Crippen molar-refractivity contribution in [2.24, 2.45) is 0 Å². The fourth-order valence-corrected chi connectivity index (χ4v) is 5.38. The van der Waals surface area contributed by atoms with E-state index in [4.69, 9.17) is 4.42 Å². The Labute approximate surface area is 200 Å². The molecule has 1 atom stereocenters. The number of hydrogen-bond acceptors (Lipinski definition) is 5. The Morgan fingerprint density at radius 1 is 1.18 bits per heavy atom. The number of halogens is 1. The number of likely N-dealkylation sites (tertiary alicyclic amines) is 1. The van der Waals surface area contributed by atoms with Crippen molar-refractivity contribution < 1.29 is 18.4 Å². The van der Waals surface area contributed by atoms with Crippen LogP contribution in [0.4, 0.5) is 4.39 Å². The summed E-state index contributed by atoms with van der Waals surface area (Å²) in [4.78, 5) is 33.6. The second-order valence-electron chi connectivity index (χ2n) is 8.42. The first kappa shape index (κ1) is 22.3. The van der Waals surface area contributed by atoms with Gasteiger partial charge in [-0.2, -0.15) is 0 Å². The number of thiazole rings is 1. The molecule has 4 aromatic rings. The summed E-state index contributed by atoms with van der Waals surface area (Å²) < 4.78 is 18.9. The van der Waals surface area contributed by atoms with Crippen LogP contribution in [0.3, 0.4) is 0 Å². The summed E-state index contributed by atoms with van der Waals surface area (Å²) in [6, 6.07) is 13.2. The van der Waals surface area contributed by atoms with E-state index in [-0.39, 0.29) is 23.7 Å². The highest BCUT2D eigenvalue weighted by Gasteiger charge is 2.31. The molecule has 0 aliphatic carbocycles. The molecule has 2 aromatic heterocycles. The van der Waals surface area contributed by atoms with Gasteiger partial charge < -0.3 is 14.6 Å². The molecule has 1 saturated heterocycles. The van der Waals surface area contributed by atoms with Gasteiger partial charge in [-0.05, 0) is 56.0 Å². The van der Waals surface area contributed by atoms with Crippen LogP contribution in [0.25, 0.3) is 21.4 Å². The van der Waals surface area contributed by atoms with E-state index in [1.165, 1.54) is 23.5 Å². The fourth-order valence-electron chi connectivity index (χ4n) is 4.46. The molecule has 8 heteroatoms. The third-order valence-electron chi connectivity index (χ3n) is 6.15. The van der Waals surface area contributed by atoms with E-state index < -0.39 is 0 Å². The van der Waals surface area contributed by atoms with Crippen LogP contribution >= 0.6 is 11.3 Å². The quantitative estimate of drug-likeness (QED) is 0.416. The van der Waals surface area contributed by atoms with E-state index in [2.05, 4.69) is 10.3 Å². The first-order chi connectivity index (χ1) is 16.5. The maximum Gasteiger partial charge on any atom is 0.274 e. The largest absolute Gasteiger partial charge is 0.464 e. The molecule has 5 rings (SSSR count). The van der Waals surface area contributed by atoms with Gasteiger partial charge in [-0.1, -0.05) is 24.3 Å². The normalized spacial score (nSPS) is 16.1. The number of piperidine rings is 1. The number of amides is 2. The lowest BCUT2D eigenvalue weighted by Crippen LogP contribution is -2.49. The standard InChI is InChI=1S/C26H24FN3O3S/c1-16-29-22(24(34-16)18-8-10-19(27)11-9-18)26(32)30-13-3-2-6-20(30)15-28-25(31)21-7-4-5-17-12-14-33-23(17)21/h4-5,7-12,14,20H,2-3,6,13,15H2,1H3,(H,28,31). The van der Waals surface area contributed by atoms with Crippen LogP contribution < -0.4 is 5.32 Å². The second-order valence-corrected chi connectivity index (χ2v) is 9.62. The Morgan fingerprint density at radius 3 is 2.82 bits per heavy atom. The lowest BCUT2D eigenvalue weighted by molar-refractivity contribution is 0.0598. The van der Waals surface area contributed by atoms with Gasteiger partial charge in [-0.3, -0.25) is 9.59 Å². The van der Waals surface area contributed by atoms with Gasteiger partial charge in [-0.25, -0.2) is 9.37 Å². The second kappa shape index (κ2) is 9.38. The van der Waals surface area contributed by atoms with Gasteiger partial charge in [0.1, 0.15) is 17.1 Å². The number of nitrogens with zero attached hydrogens (tertiary/aromatic N) is 2. The predicted molar refractivity (Wildman–Crippen MR) is 129 cm³/mol. The van der Waals surface area contributed by atoms with Crippen molar-refractivity contribution in [2.45, 2.75) is 32.2 Å². The maximum atomic E-state index is 13.6. The topological polar surface area (TPSA) is 75.4 Å². The van der Waals surface area contributed by atoms with Crippen molar-refractivity contribution in [2.75, 3.05) is 13.1 Å². The number of aromatic nitrogens is 1. The van der Waals surface area contributed by atoms with Gasteiger partial charge in [0.25, 0.3) is 11.8 Å². The number of carbonyl (C=O) groups is 2. The number of fused-ring (bicyclic) bond motifs is 1. The third kappa shape index (κ3) is 4.33. The molecule has 174 valence electrons. The summed E-state index contributed by atoms with van der Waals surface area (Å²) in [5.74, 6) is -0.708. The average molecular weight is 478 g/mol. The summed E-state index contributed by atoms with van der Waals surface area (Å²) >= 11 is 1.42. The van der Waals surface area contributed by atoms with Crippen molar-refractivity contribution in [3.63, 3.8) is 0 Å². The van der Waals surface area contributed by atoms with E-state index in [0.29, 0.717) is 29.9 Å². The molecule has 3 heterocycles. The summed E-state index contributed by atoms with van der Waals surface area (Å²) in [7, 11) is 0. The van der Waals surface area contributed by atoms with Crippen LogP contribution in [-0.4, -0.2) is 40.8 Å². The van der Waals surface area contributed by atoms with Gasteiger partial charge in [-0.15, -0.1) is 11.3 Å². The number of nitrogens with one attached hydrogen (secondary N) is 1. The first-order valence-electron chi connectivity index (χ1n) is 11.3. The van der Waals surface area contributed by atoms with E-state index >= 15 is 0 Å². The summed E-state index contributed by atoms with van der Waals surface area (Å²) in [5, 5.41) is 4.64. The molecule has 2 aromatic carbocycles. The van der Waals surface area contributed by atoms with Gasteiger partial charge in [0, 0.05) is 24.5 Å². The smallest absolute Gasteiger partial charge is 0.274 e. The molecule has 2 amide bonds. The third-order valence-corrected chi connectivity index (χ3v) is 7.17. The van der Waals surface area contributed by atoms with Crippen LogP contribution in [0, 0.1) is 12.7 Å². The number of aryl methyl sites for hydroxylation is 1. The summed E-state index contributed by atoms with van der Waals surface area (Å²) in [5.41, 5.74) is 2.18. The number of furan rings is 1. The molecule has 1 fully saturated rings. The lowest BCUT2D eigenvalue weighted by atomic mass is 10.0. The molecule has 34 heavy (non-hydrogen) atoms. The highest BCUT2D eigenvalue weighted by Crippen LogP contribution is 2.32. The van der Waals surface area contributed by atoms with Crippen molar-refractivity contribution in [1.29, 1.82) is 0 Å². The Bertz CT molecular complexity index is 1350. The van der Waals surface area contributed by atoms with Gasteiger partial charge >= 0.3 is 0 Å². The number of hydrogen-bond donors (Lipinski definition) is 1. The number of benzene rings is 2. The van der Waals surface area contributed by atoms with Crippen LogP contribution in [0.1, 0.15) is 45.1 Å². The molecular formula is C26H24FN3O3S. The lowest BCUT2D eigenvalue weighted by Gasteiger charge is -2.35. The molecular weight excluding hydrogens is 453 g/mol. The molecule has 0 bridgehead atoms. The molecule has 0 saturated carbocycles. The zero-order valence-electron chi connectivity index (χ0n) is 18.7. The Morgan fingerprint density at radius 2 is 2.00 bits per heavy atom. The number of para-hydroxylation sites is 1. The maximum absolute atomic E-state index is 13.6. The van der Waals surface area contributed by atoms with Crippen LogP contribution in [-0.2, 0) is 0 Å². The number of carbonyl (C=O) groups excluding carboxylic acids is 2. The predicted octanol–water partition coefficient (Wildman–Crippen LogP) is 5.43. The molecule has 6 nitrogen and oxygen atoms in total. The van der Waals surface area contributed by atoms with Crippen molar-refractivity contribution >= 4 is 34.1 Å². The monoisotopic (exact) mass is 477 g/mol. The molecule has 1 N–H and O–H groups in total. The molecule has 1 unspecified atom stereocenters. The fraction of sp³-hybridized carbons (Fsp3) is 0.269. The summed E-state index contributed by atoms with van der Waals surface area (Å²) in [6.07, 6.45) is 4.25. The van der Waals surface area contributed by atoms with Crippen molar-refractivity contribution in [1.82, 2.24) is 15.2 Å². The van der Waals surface area contributed by atoms with Crippen LogP contribution in [0.15, 0.2) is 59.2 Å². The van der Waals surface area contributed by atoms with Gasteiger partial charge in [0.15, 0.2) is 0 Å². The average Bonchev–Trinajstić information content (AvgIpc) is 3.49. The Kier molecular flexibility index (Phi) is 6.15. The zero-order valence-corrected chi connectivity index (χ0v) is 19.5. The van der Waals surface area contributed by atoms with Gasteiger partial charge in [0.05, 0.1) is 21.7 Å². The number of rotatable bonds is 5. The van der Waals surface area contributed by atoms with E-state index in [0.717, 1.165) is 40.1 Å². The highest BCUT2D eigenvalue weighted by molar-refractivity contribution is 7.15. The minimum atomic E-state index is -0.324. The summed E-state index contributed by atoms with van der Waals surface area (Å²) in [6.45, 7) is 2.81. The van der Waals surface area contributed by atoms with Crippen molar-refractivity contribution in [3.8, 4) is 10.4 Å². The van der Waals surface area contributed by atoms with Crippen LogP contribution in [0.2, 0.25) is 0 Å². The first-order valence-corrected chi connectivity index (χ1v) is 12.1. The Hall–Kier alpha value is -3.52. The van der Waals surface area contributed by atoms with E-state index in [1.54, 1.807) is 24.5 Å². The zero-order chi connectivity index (χ0) is 23.7. The minimum Gasteiger partial charge on any atom is -0.464 e. The van der Waals surface area contributed by atoms with Crippen LogP contribution in [0.5, 0.6) is 0 Å². The van der Waals surface area contributed by atoms with Crippen molar-refractivity contribution in [3.05, 3.63) is 76.9 Å². The van der Waals surface area contributed by atoms with E-state index in [9.17, 15) is 14.0 Å². The highest BCUT2D eigenvalue weighted by atomic mass is 32.1. The van der Waals surface area contributed by atoms with Gasteiger partial charge in [0.2, 0.25) is 0 Å². The minimum absolute atomic E-state index is 0.135. The molecule has 0 spiro atoms. The molecule has 1 aliphatic heterocycles.